The number of nitrogens with zero attached hydrogens (tertiary/aromatic N) is 1. The quantitative estimate of drug-likeness (QED) is 0.694. The fraction of sp³-hybridized carbons (Fsp3) is 0.929. The Hall–Kier alpha value is -0.570. The number of carbonyl (C=O) groups excluding carboxylic acids is 1. The van der Waals surface area contributed by atoms with E-state index in [1.54, 1.807) is 0 Å². The van der Waals surface area contributed by atoms with E-state index in [1.807, 2.05) is 4.90 Å². The molecular weight excluding hydrogens is 212 g/mol. The van der Waals surface area contributed by atoms with Gasteiger partial charge in [0, 0.05) is 6.54 Å². The van der Waals surface area contributed by atoms with Gasteiger partial charge in [0.1, 0.15) is 0 Å². The topological polar surface area (TPSA) is 32.3 Å². The van der Waals surface area contributed by atoms with E-state index >= 15 is 0 Å². The molecule has 1 aliphatic rings. The maximum atomic E-state index is 12.2. The second-order valence-corrected chi connectivity index (χ2v) is 5.62. The Labute approximate surface area is 106 Å². The molecule has 1 fully saturated rings. The number of rotatable bonds is 7. The van der Waals surface area contributed by atoms with Crippen molar-refractivity contribution in [2.45, 2.75) is 72.0 Å². The monoisotopic (exact) mass is 240 g/mol. The van der Waals surface area contributed by atoms with Gasteiger partial charge in [0.2, 0.25) is 5.91 Å². The summed E-state index contributed by atoms with van der Waals surface area (Å²) in [5, 5.41) is 3.40. The van der Waals surface area contributed by atoms with Gasteiger partial charge < -0.3 is 4.90 Å². The largest absolute Gasteiger partial charge is 0.326 e. The smallest absolute Gasteiger partial charge is 0.241 e. The van der Waals surface area contributed by atoms with Crippen molar-refractivity contribution in [3.63, 3.8) is 0 Å². The van der Waals surface area contributed by atoms with Crippen molar-refractivity contribution < 1.29 is 4.79 Å². The lowest BCUT2D eigenvalue weighted by molar-refractivity contribution is -0.130. The van der Waals surface area contributed by atoms with E-state index in [0.29, 0.717) is 11.8 Å². The molecule has 0 radical (unpaired) electrons. The summed E-state index contributed by atoms with van der Waals surface area (Å²) in [7, 11) is 0. The molecule has 1 saturated heterocycles. The first-order chi connectivity index (χ1) is 8.06. The first-order valence-electron chi connectivity index (χ1n) is 7.12. The SMILES string of the molecule is CCCCCCN1C(=O)C(CC(C)C)NC1C. The van der Waals surface area contributed by atoms with E-state index in [-0.39, 0.29) is 12.2 Å². The van der Waals surface area contributed by atoms with Gasteiger partial charge in [0.05, 0.1) is 12.2 Å². The molecule has 1 N–H and O–H groups in total. The molecule has 0 bridgehead atoms. The molecule has 1 aliphatic heterocycles. The molecule has 0 aromatic rings. The first kappa shape index (κ1) is 14.5. The van der Waals surface area contributed by atoms with Crippen molar-refractivity contribution in [1.82, 2.24) is 10.2 Å². The predicted octanol–water partition coefficient (Wildman–Crippen LogP) is 2.76. The lowest BCUT2D eigenvalue weighted by atomic mass is 10.0. The standard InChI is InChI=1S/C14H28N2O/c1-5-6-7-8-9-16-12(4)15-13(14(16)17)10-11(2)3/h11-13,15H,5-10H2,1-4H3. The van der Waals surface area contributed by atoms with Crippen molar-refractivity contribution in [3.05, 3.63) is 0 Å². The van der Waals surface area contributed by atoms with Crippen LogP contribution in [0, 0.1) is 5.92 Å². The van der Waals surface area contributed by atoms with Crippen LogP contribution < -0.4 is 5.32 Å². The Balaban J connectivity index is 2.37. The highest BCUT2D eigenvalue weighted by molar-refractivity contribution is 5.84. The Kier molecular flexibility index (Phi) is 5.96. The molecule has 0 aliphatic carbocycles. The zero-order valence-corrected chi connectivity index (χ0v) is 11.8. The summed E-state index contributed by atoms with van der Waals surface area (Å²) in [4.78, 5) is 14.2. The van der Waals surface area contributed by atoms with Gasteiger partial charge in [-0.25, -0.2) is 0 Å². The molecule has 0 aromatic carbocycles. The summed E-state index contributed by atoms with van der Waals surface area (Å²) in [6.45, 7) is 9.57. The lowest BCUT2D eigenvalue weighted by Crippen LogP contribution is -2.35. The molecule has 2 unspecified atom stereocenters. The molecule has 0 spiro atoms. The maximum absolute atomic E-state index is 12.2. The number of unbranched alkanes of at least 4 members (excludes halogenated alkanes) is 3. The number of carbonyl (C=O) groups is 1. The normalized spacial score (nSPS) is 25.0. The van der Waals surface area contributed by atoms with Crippen LogP contribution in [0.15, 0.2) is 0 Å². The van der Waals surface area contributed by atoms with Crippen molar-refractivity contribution in [2.75, 3.05) is 6.54 Å². The van der Waals surface area contributed by atoms with E-state index in [1.165, 1.54) is 19.3 Å². The van der Waals surface area contributed by atoms with E-state index in [2.05, 4.69) is 33.0 Å². The van der Waals surface area contributed by atoms with Crippen molar-refractivity contribution >= 4 is 5.91 Å². The highest BCUT2D eigenvalue weighted by Crippen LogP contribution is 2.17. The molecule has 2 atom stereocenters. The highest BCUT2D eigenvalue weighted by atomic mass is 16.2. The van der Waals surface area contributed by atoms with Crippen LogP contribution in [0.4, 0.5) is 0 Å². The van der Waals surface area contributed by atoms with Gasteiger partial charge in [-0.15, -0.1) is 0 Å². The number of hydrogen-bond acceptors (Lipinski definition) is 2. The molecular formula is C14H28N2O. The van der Waals surface area contributed by atoms with Crippen LogP contribution in [0.5, 0.6) is 0 Å². The molecule has 17 heavy (non-hydrogen) atoms. The highest BCUT2D eigenvalue weighted by Gasteiger charge is 2.35. The third-order valence-electron chi connectivity index (χ3n) is 3.45. The van der Waals surface area contributed by atoms with Crippen LogP contribution in [0.2, 0.25) is 0 Å². The summed E-state index contributed by atoms with van der Waals surface area (Å²) in [5.41, 5.74) is 0. The minimum Gasteiger partial charge on any atom is -0.326 e. The summed E-state index contributed by atoms with van der Waals surface area (Å²) in [6.07, 6.45) is 6.07. The summed E-state index contributed by atoms with van der Waals surface area (Å²) in [6, 6.07) is 0.0520. The molecule has 3 nitrogen and oxygen atoms in total. The Morgan fingerprint density at radius 2 is 2.00 bits per heavy atom. The average molecular weight is 240 g/mol. The van der Waals surface area contributed by atoms with Gasteiger partial charge in [0.15, 0.2) is 0 Å². The van der Waals surface area contributed by atoms with Gasteiger partial charge >= 0.3 is 0 Å². The van der Waals surface area contributed by atoms with Gasteiger partial charge in [-0.1, -0.05) is 40.0 Å². The second-order valence-electron chi connectivity index (χ2n) is 5.62. The van der Waals surface area contributed by atoms with Gasteiger partial charge in [-0.05, 0) is 25.7 Å². The van der Waals surface area contributed by atoms with Crippen molar-refractivity contribution in [1.29, 1.82) is 0 Å². The zero-order valence-electron chi connectivity index (χ0n) is 11.8. The summed E-state index contributed by atoms with van der Waals surface area (Å²) >= 11 is 0. The summed E-state index contributed by atoms with van der Waals surface area (Å²) < 4.78 is 0. The van der Waals surface area contributed by atoms with E-state index in [9.17, 15) is 4.79 Å². The number of amides is 1. The minimum absolute atomic E-state index is 0.0520. The van der Waals surface area contributed by atoms with Crippen LogP contribution >= 0.6 is 0 Å². The van der Waals surface area contributed by atoms with Gasteiger partial charge in [-0.2, -0.15) is 0 Å². The number of hydrogen-bond donors (Lipinski definition) is 1. The Morgan fingerprint density at radius 3 is 2.59 bits per heavy atom. The Morgan fingerprint density at radius 1 is 1.29 bits per heavy atom. The van der Waals surface area contributed by atoms with Crippen molar-refractivity contribution in [2.24, 2.45) is 5.92 Å². The molecule has 1 heterocycles. The Bertz CT molecular complexity index is 240. The zero-order chi connectivity index (χ0) is 12.8. The molecule has 1 rings (SSSR count). The molecule has 0 aromatic heterocycles. The predicted molar refractivity (Wildman–Crippen MR) is 71.7 cm³/mol. The van der Waals surface area contributed by atoms with Gasteiger partial charge in [0.25, 0.3) is 0 Å². The number of nitrogens with one attached hydrogen (secondary N) is 1. The van der Waals surface area contributed by atoms with Crippen LogP contribution in [0.25, 0.3) is 0 Å². The maximum Gasteiger partial charge on any atom is 0.241 e. The summed E-state index contributed by atoms with van der Waals surface area (Å²) in [5.74, 6) is 0.881. The lowest BCUT2D eigenvalue weighted by Gasteiger charge is -2.20. The van der Waals surface area contributed by atoms with Crippen molar-refractivity contribution in [3.8, 4) is 0 Å². The van der Waals surface area contributed by atoms with E-state index in [4.69, 9.17) is 0 Å². The first-order valence-corrected chi connectivity index (χ1v) is 7.12. The van der Waals surface area contributed by atoms with E-state index < -0.39 is 0 Å². The molecule has 3 heteroatoms. The fourth-order valence-electron chi connectivity index (χ4n) is 2.50. The van der Waals surface area contributed by atoms with E-state index in [0.717, 1.165) is 19.4 Å². The molecule has 1 amide bonds. The van der Waals surface area contributed by atoms with Crippen LogP contribution in [-0.2, 0) is 4.79 Å². The fourth-order valence-corrected chi connectivity index (χ4v) is 2.50. The van der Waals surface area contributed by atoms with Crippen LogP contribution in [0.1, 0.15) is 59.8 Å². The molecule has 100 valence electrons. The second kappa shape index (κ2) is 7.00. The molecule has 0 saturated carbocycles. The van der Waals surface area contributed by atoms with Crippen LogP contribution in [0.3, 0.4) is 0 Å². The van der Waals surface area contributed by atoms with Crippen LogP contribution in [-0.4, -0.2) is 29.6 Å². The third-order valence-corrected chi connectivity index (χ3v) is 3.45. The minimum atomic E-state index is 0.0520. The van der Waals surface area contributed by atoms with Gasteiger partial charge in [-0.3, -0.25) is 10.1 Å². The average Bonchev–Trinajstić information content (AvgIpc) is 2.50. The third kappa shape index (κ3) is 4.30.